The van der Waals surface area contributed by atoms with Gasteiger partial charge >= 0.3 is 6.18 Å². The zero-order valence-corrected chi connectivity index (χ0v) is 15.4. The van der Waals surface area contributed by atoms with Crippen LogP contribution >= 0.6 is 11.8 Å². The van der Waals surface area contributed by atoms with Gasteiger partial charge in [-0.05, 0) is 24.3 Å². The lowest BCUT2D eigenvalue weighted by molar-refractivity contribution is -0.137. The van der Waals surface area contributed by atoms with Crippen molar-refractivity contribution in [3.63, 3.8) is 0 Å². The minimum Gasteiger partial charge on any atom is -0.332 e. The van der Waals surface area contributed by atoms with Crippen LogP contribution in [-0.2, 0) is 6.18 Å². The number of aromatic nitrogens is 2. The Labute approximate surface area is 164 Å². The number of nitrogens with one attached hydrogen (secondary N) is 1. The van der Waals surface area contributed by atoms with Crippen molar-refractivity contribution in [1.82, 2.24) is 9.97 Å². The van der Waals surface area contributed by atoms with E-state index in [1.807, 2.05) is 60.7 Å². The van der Waals surface area contributed by atoms with Crippen molar-refractivity contribution in [2.45, 2.75) is 16.2 Å². The summed E-state index contributed by atoms with van der Waals surface area (Å²) in [6.07, 6.45) is -4.34. The number of aromatic amines is 1. The van der Waals surface area contributed by atoms with Crippen molar-refractivity contribution in [3.8, 4) is 22.5 Å². The standard InChI is InChI=1S/C22H15F3N2S/c23-22(24,25)17-11-13-18(14-12-17)28-21-26-19(15-7-3-1-4-8-15)20(27-21)16-9-5-2-6-10-16/h1-14H,(H,26,27). The van der Waals surface area contributed by atoms with Gasteiger partial charge in [-0.1, -0.05) is 72.4 Å². The molecule has 0 atom stereocenters. The maximum Gasteiger partial charge on any atom is 0.416 e. The molecule has 0 bridgehead atoms. The molecule has 0 radical (unpaired) electrons. The molecule has 2 nitrogen and oxygen atoms in total. The Morgan fingerprint density at radius 2 is 1.29 bits per heavy atom. The molecule has 28 heavy (non-hydrogen) atoms. The molecule has 6 heteroatoms. The van der Waals surface area contributed by atoms with E-state index in [1.165, 1.54) is 23.9 Å². The summed E-state index contributed by atoms with van der Waals surface area (Å²) in [7, 11) is 0. The molecule has 3 aromatic carbocycles. The number of rotatable bonds is 4. The summed E-state index contributed by atoms with van der Waals surface area (Å²) in [5, 5.41) is 0.623. The average Bonchev–Trinajstić information content (AvgIpc) is 3.13. The molecule has 140 valence electrons. The Bertz CT molecular complexity index is 1000. The fraction of sp³-hybridized carbons (Fsp3) is 0.0455. The predicted octanol–water partition coefficient (Wildman–Crippen LogP) is 6.91. The van der Waals surface area contributed by atoms with E-state index in [2.05, 4.69) is 4.98 Å². The number of H-pyrrole nitrogens is 1. The van der Waals surface area contributed by atoms with Crippen LogP contribution in [0.5, 0.6) is 0 Å². The molecule has 1 aromatic heterocycles. The molecule has 0 amide bonds. The van der Waals surface area contributed by atoms with E-state index in [0.29, 0.717) is 10.1 Å². The van der Waals surface area contributed by atoms with Crippen LogP contribution in [0.1, 0.15) is 5.56 Å². The van der Waals surface area contributed by atoms with Gasteiger partial charge in [0.15, 0.2) is 5.16 Å². The highest BCUT2D eigenvalue weighted by molar-refractivity contribution is 7.99. The molecule has 1 N–H and O–H groups in total. The molecular weight excluding hydrogens is 381 g/mol. The first kappa shape index (κ1) is 18.4. The number of halogens is 3. The van der Waals surface area contributed by atoms with Crippen molar-refractivity contribution in [1.29, 1.82) is 0 Å². The monoisotopic (exact) mass is 396 g/mol. The quantitative estimate of drug-likeness (QED) is 0.406. The molecule has 0 unspecified atom stereocenters. The van der Waals surface area contributed by atoms with Gasteiger partial charge in [0.25, 0.3) is 0 Å². The smallest absolute Gasteiger partial charge is 0.332 e. The van der Waals surface area contributed by atoms with Crippen molar-refractivity contribution < 1.29 is 13.2 Å². The van der Waals surface area contributed by atoms with E-state index >= 15 is 0 Å². The highest BCUT2D eigenvalue weighted by Crippen LogP contribution is 2.36. The lowest BCUT2D eigenvalue weighted by atomic mass is 10.1. The zero-order chi connectivity index (χ0) is 19.6. The number of alkyl halides is 3. The Kier molecular flexibility index (Phi) is 4.96. The minimum absolute atomic E-state index is 0.623. The first-order valence-corrected chi connectivity index (χ1v) is 9.38. The second kappa shape index (κ2) is 7.56. The predicted molar refractivity (Wildman–Crippen MR) is 105 cm³/mol. The lowest BCUT2D eigenvalue weighted by Crippen LogP contribution is -2.03. The second-order valence-corrected chi connectivity index (χ2v) is 7.18. The van der Waals surface area contributed by atoms with Gasteiger partial charge in [0.2, 0.25) is 0 Å². The van der Waals surface area contributed by atoms with Gasteiger partial charge in [-0.2, -0.15) is 13.2 Å². The highest BCUT2D eigenvalue weighted by Gasteiger charge is 2.30. The fourth-order valence-electron chi connectivity index (χ4n) is 2.84. The third kappa shape index (κ3) is 3.97. The second-order valence-electron chi connectivity index (χ2n) is 6.12. The molecular formula is C22H15F3N2S. The highest BCUT2D eigenvalue weighted by atomic mass is 32.2. The number of hydrogen-bond acceptors (Lipinski definition) is 2. The molecule has 0 aliphatic rings. The maximum atomic E-state index is 12.8. The number of benzene rings is 3. The van der Waals surface area contributed by atoms with E-state index in [0.717, 1.165) is 34.6 Å². The number of nitrogens with zero attached hydrogens (tertiary/aromatic N) is 1. The van der Waals surface area contributed by atoms with E-state index < -0.39 is 11.7 Å². The molecule has 0 aliphatic heterocycles. The Morgan fingerprint density at radius 3 is 1.86 bits per heavy atom. The van der Waals surface area contributed by atoms with Crippen LogP contribution in [0.15, 0.2) is 95.0 Å². The van der Waals surface area contributed by atoms with Crippen molar-refractivity contribution >= 4 is 11.8 Å². The van der Waals surface area contributed by atoms with Crippen LogP contribution in [-0.4, -0.2) is 9.97 Å². The number of imidazole rings is 1. The van der Waals surface area contributed by atoms with Crippen molar-refractivity contribution in [2.24, 2.45) is 0 Å². The van der Waals surface area contributed by atoms with E-state index in [9.17, 15) is 13.2 Å². The maximum absolute atomic E-state index is 12.8. The van der Waals surface area contributed by atoms with Gasteiger partial charge in [0, 0.05) is 16.0 Å². The van der Waals surface area contributed by atoms with E-state index in [1.54, 1.807) is 0 Å². The summed E-state index contributed by atoms with van der Waals surface area (Å²) in [6, 6.07) is 24.7. The minimum atomic E-state index is -4.34. The van der Waals surface area contributed by atoms with Gasteiger partial charge in [0.1, 0.15) is 0 Å². The van der Waals surface area contributed by atoms with Gasteiger partial charge in [-0.25, -0.2) is 4.98 Å². The van der Waals surface area contributed by atoms with E-state index in [4.69, 9.17) is 4.98 Å². The van der Waals surface area contributed by atoms with Crippen LogP contribution in [0, 0.1) is 0 Å². The molecule has 0 aliphatic carbocycles. The third-order valence-corrected chi connectivity index (χ3v) is 5.08. The molecule has 4 aromatic rings. The lowest BCUT2D eigenvalue weighted by Gasteiger charge is -2.06. The molecule has 0 fully saturated rings. The van der Waals surface area contributed by atoms with Crippen molar-refractivity contribution in [3.05, 3.63) is 90.5 Å². The van der Waals surface area contributed by atoms with Crippen LogP contribution < -0.4 is 0 Å². The Hall–Kier alpha value is -2.99. The summed E-state index contributed by atoms with van der Waals surface area (Å²) in [4.78, 5) is 8.71. The molecule has 0 spiro atoms. The summed E-state index contributed by atoms with van der Waals surface area (Å²) in [5.74, 6) is 0. The van der Waals surface area contributed by atoms with Crippen LogP contribution in [0.3, 0.4) is 0 Å². The normalized spacial score (nSPS) is 11.5. The molecule has 0 saturated heterocycles. The zero-order valence-electron chi connectivity index (χ0n) is 14.6. The van der Waals surface area contributed by atoms with Gasteiger partial charge < -0.3 is 4.98 Å². The molecule has 4 rings (SSSR count). The SMILES string of the molecule is FC(F)(F)c1ccc(Sc2nc(-c3ccccc3)c(-c3ccccc3)[nH]2)cc1. The van der Waals surface area contributed by atoms with Gasteiger partial charge in [0.05, 0.1) is 17.0 Å². The summed E-state index contributed by atoms with van der Waals surface area (Å²) in [5.41, 5.74) is 2.98. The summed E-state index contributed by atoms with van der Waals surface area (Å²) in [6.45, 7) is 0. The molecule has 1 heterocycles. The Morgan fingerprint density at radius 1 is 0.714 bits per heavy atom. The summed E-state index contributed by atoms with van der Waals surface area (Å²) >= 11 is 1.30. The average molecular weight is 396 g/mol. The largest absolute Gasteiger partial charge is 0.416 e. The first-order valence-electron chi connectivity index (χ1n) is 8.57. The van der Waals surface area contributed by atoms with Gasteiger partial charge in [-0.3, -0.25) is 0 Å². The molecule has 0 saturated carbocycles. The van der Waals surface area contributed by atoms with Gasteiger partial charge in [-0.15, -0.1) is 0 Å². The van der Waals surface area contributed by atoms with E-state index in [-0.39, 0.29) is 0 Å². The third-order valence-electron chi connectivity index (χ3n) is 4.19. The van der Waals surface area contributed by atoms with Crippen LogP contribution in [0.4, 0.5) is 13.2 Å². The summed E-state index contributed by atoms with van der Waals surface area (Å²) < 4.78 is 38.3. The topological polar surface area (TPSA) is 28.7 Å². The van der Waals surface area contributed by atoms with Crippen molar-refractivity contribution in [2.75, 3.05) is 0 Å². The number of hydrogen-bond donors (Lipinski definition) is 1. The van der Waals surface area contributed by atoms with Crippen LogP contribution in [0.2, 0.25) is 0 Å². The Balaban J connectivity index is 1.70. The first-order chi connectivity index (χ1) is 13.5. The van der Waals surface area contributed by atoms with Crippen LogP contribution in [0.25, 0.3) is 22.5 Å². The fourth-order valence-corrected chi connectivity index (χ4v) is 3.63.